The smallest absolute Gasteiger partial charge is 0.407 e. The maximum absolute atomic E-state index is 13.3. The number of likely N-dealkylation sites (tertiary alicyclic amines) is 1. The normalized spacial score (nSPS) is 21.8. The molecule has 0 radical (unpaired) electrons. The van der Waals surface area contributed by atoms with Crippen molar-refractivity contribution in [2.75, 3.05) is 19.7 Å². The molecule has 186 valence electrons. The standard InChI is InChI=1S/C28H34N2O5/c1-4-5-14-24(25(31)30-15-18(2)28(3,17-30)26(32)33)29-27(34)35-16-23-21-12-8-6-10-19(21)20-11-7-9-13-22(20)23/h6-13,18,23-24H,4-5,14-17H2,1-3H3,(H,29,34)(H,32,33)/t18-,24?,28-/m1/s1. The van der Waals surface area contributed by atoms with E-state index in [0.29, 0.717) is 13.0 Å². The molecular weight excluding hydrogens is 444 g/mol. The van der Waals surface area contributed by atoms with Gasteiger partial charge in [-0.3, -0.25) is 9.59 Å². The van der Waals surface area contributed by atoms with Gasteiger partial charge in [-0.05, 0) is 41.5 Å². The van der Waals surface area contributed by atoms with Gasteiger partial charge in [0.2, 0.25) is 5.91 Å². The fourth-order valence-corrected chi connectivity index (χ4v) is 5.26. The number of alkyl carbamates (subject to hydrolysis) is 1. The predicted molar refractivity (Wildman–Crippen MR) is 133 cm³/mol. The molecule has 1 heterocycles. The van der Waals surface area contributed by atoms with E-state index in [1.54, 1.807) is 11.8 Å². The number of carboxylic acid groups (broad SMARTS) is 1. The van der Waals surface area contributed by atoms with Crippen molar-refractivity contribution >= 4 is 18.0 Å². The molecule has 2 aromatic carbocycles. The van der Waals surface area contributed by atoms with Crippen molar-refractivity contribution in [3.63, 3.8) is 0 Å². The Morgan fingerprint density at radius 1 is 1.11 bits per heavy atom. The Morgan fingerprint density at radius 3 is 2.26 bits per heavy atom. The number of fused-ring (bicyclic) bond motifs is 3. The SMILES string of the molecule is CCCCC(NC(=O)OCC1c2ccccc2-c2ccccc21)C(=O)N1C[C@@H](C)[C@](C)(C(=O)O)C1. The summed E-state index contributed by atoms with van der Waals surface area (Å²) >= 11 is 0. The summed E-state index contributed by atoms with van der Waals surface area (Å²) in [6.45, 7) is 6.21. The molecular formula is C28H34N2O5. The average Bonchev–Trinajstić information content (AvgIpc) is 3.34. The molecule has 4 rings (SSSR count). The van der Waals surface area contributed by atoms with Gasteiger partial charge >= 0.3 is 12.1 Å². The number of hydrogen-bond donors (Lipinski definition) is 2. The van der Waals surface area contributed by atoms with Gasteiger partial charge in [-0.25, -0.2) is 4.79 Å². The second kappa shape index (κ2) is 10.1. The summed E-state index contributed by atoms with van der Waals surface area (Å²) in [7, 11) is 0. The van der Waals surface area contributed by atoms with Crippen molar-refractivity contribution in [2.24, 2.45) is 11.3 Å². The summed E-state index contributed by atoms with van der Waals surface area (Å²) in [5.74, 6) is -1.39. The fourth-order valence-electron chi connectivity index (χ4n) is 5.26. The van der Waals surface area contributed by atoms with Crippen LogP contribution in [-0.4, -0.2) is 53.7 Å². The molecule has 0 aromatic heterocycles. The van der Waals surface area contributed by atoms with Crippen LogP contribution in [-0.2, 0) is 14.3 Å². The second-order valence-corrected chi connectivity index (χ2v) is 10.0. The van der Waals surface area contributed by atoms with Gasteiger partial charge in [-0.15, -0.1) is 0 Å². The van der Waals surface area contributed by atoms with E-state index in [0.717, 1.165) is 35.1 Å². The third-order valence-electron chi connectivity index (χ3n) is 7.68. The molecule has 0 bridgehead atoms. The van der Waals surface area contributed by atoms with E-state index in [1.165, 1.54) is 0 Å². The summed E-state index contributed by atoms with van der Waals surface area (Å²) in [6.07, 6.45) is 1.49. The van der Waals surface area contributed by atoms with E-state index < -0.39 is 23.5 Å². The maximum atomic E-state index is 13.3. The topological polar surface area (TPSA) is 95.9 Å². The number of aliphatic carboxylic acids is 1. The number of carbonyl (C=O) groups is 3. The van der Waals surface area contributed by atoms with E-state index in [1.807, 2.05) is 38.1 Å². The Kier molecular flexibility index (Phi) is 7.15. The van der Waals surface area contributed by atoms with Crippen LogP contribution in [0.3, 0.4) is 0 Å². The van der Waals surface area contributed by atoms with E-state index in [2.05, 4.69) is 29.6 Å². The van der Waals surface area contributed by atoms with Gasteiger partial charge in [0.15, 0.2) is 0 Å². The van der Waals surface area contributed by atoms with E-state index >= 15 is 0 Å². The van der Waals surface area contributed by atoms with Crippen molar-refractivity contribution in [2.45, 2.75) is 52.0 Å². The van der Waals surface area contributed by atoms with Crippen molar-refractivity contribution in [1.29, 1.82) is 0 Å². The summed E-state index contributed by atoms with van der Waals surface area (Å²) in [5, 5.41) is 12.4. The molecule has 1 unspecified atom stereocenters. The Labute approximate surface area is 206 Å². The first-order valence-electron chi connectivity index (χ1n) is 12.4. The number of amides is 2. The molecule has 1 saturated heterocycles. The summed E-state index contributed by atoms with van der Waals surface area (Å²) in [6, 6.07) is 15.5. The number of unbranched alkanes of at least 4 members (excludes halogenated alkanes) is 1. The number of benzene rings is 2. The zero-order valence-electron chi connectivity index (χ0n) is 20.6. The van der Waals surface area contributed by atoms with Crippen LogP contribution in [0.5, 0.6) is 0 Å². The first-order valence-corrected chi connectivity index (χ1v) is 12.4. The van der Waals surface area contributed by atoms with Crippen LogP contribution in [0.25, 0.3) is 11.1 Å². The van der Waals surface area contributed by atoms with Crippen LogP contribution in [0.2, 0.25) is 0 Å². The first-order chi connectivity index (χ1) is 16.8. The fraction of sp³-hybridized carbons (Fsp3) is 0.464. The number of nitrogens with zero attached hydrogens (tertiary/aromatic N) is 1. The van der Waals surface area contributed by atoms with Crippen LogP contribution in [0.1, 0.15) is 57.1 Å². The Bertz CT molecular complexity index is 1070. The predicted octanol–water partition coefficient (Wildman–Crippen LogP) is 4.65. The molecule has 0 spiro atoms. The number of hydrogen-bond acceptors (Lipinski definition) is 4. The summed E-state index contributed by atoms with van der Waals surface area (Å²) in [4.78, 5) is 39.5. The highest BCUT2D eigenvalue weighted by Gasteiger charge is 2.48. The number of rotatable bonds is 8. The van der Waals surface area contributed by atoms with Gasteiger partial charge in [-0.2, -0.15) is 0 Å². The van der Waals surface area contributed by atoms with Crippen LogP contribution in [0.4, 0.5) is 4.79 Å². The number of carboxylic acids is 1. The highest BCUT2D eigenvalue weighted by Crippen LogP contribution is 2.44. The van der Waals surface area contributed by atoms with Gasteiger partial charge in [0.05, 0.1) is 5.41 Å². The largest absolute Gasteiger partial charge is 0.481 e. The van der Waals surface area contributed by atoms with Crippen molar-refractivity contribution in [3.8, 4) is 11.1 Å². The average molecular weight is 479 g/mol. The lowest BCUT2D eigenvalue weighted by Crippen LogP contribution is -2.49. The lowest BCUT2D eigenvalue weighted by Gasteiger charge is -2.26. The molecule has 1 aliphatic carbocycles. The molecule has 7 heteroatoms. The molecule has 2 amide bonds. The maximum Gasteiger partial charge on any atom is 0.407 e. The second-order valence-electron chi connectivity index (χ2n) is 10.0. The molecule has 1 aliphatic heterocycles. The number of nitrogens with one attached hydrogen (secondary N) is 1. The minimum absolute atomic E-state index is 0.0614. The number of ether oxygens (including phenoxy) is 1. The van der Waals surface area contributed by atoms with Crippen LogP contribution in [0, 0.1) is 11.3 Å². The zero-order valence-corrected chi connectivity index (χ0v) is 20.6. The third kappa shape index (κ3) is 4.77. The van der Waals surface area contributed by atoms with Crippen molar-refractivity contribution in [1.82, 2.24) is 10.2 Å². The minimum Gasteiger partial charge on any atom is -0.481 e. The van der Waals surface area contributed by atoms with Gasteiger partial charge in [-0.1, -0.05) is 75.2 Å². The summed E-state index contributed by atoms with van der Waals surface area (Å²) < 4.78 is 5.65. The number of carbonyl (C=O) groups excluding carboxylic acids is 2. The molecule has 0 saturated carbocycles. The van der Waals surface area contributed by atoms with Crippen LogP contribution in [0.15, 0.2) is 48.5 Å². The Hall–Kier alpha value is -3.35. The van der Waals surface area contributed by atoms with E-state index in [4.69, 9.17) is 4.74 Å². The van der Waals surface area contributed by atoms with Gasteiger partial charge < -0.3 is 20.1 Å². The van der Waals surface area contributed by atoms with Crippen molar-refractivity contribution in [3.05, 3.63) is 59.7 Å². The van der Waals surface area contributed by atoms with Gasteiger partial charge in [0.25, 0.3) is 0 Å². The molecule has 3 atom stereocenters. The molecule has 7 nitrogen and oxygen atoms in total. The monoisotopic (exact) mass is 478 g/mol. The van der Waals surface area contributed by atoms with E-state index in [-0.39, 0.29) is 30.9 Å². The molecule has 2 aliphatic rings. The van der Waals surface area contributed by atoms with Crippen molar-refractivity contribution < 1.29 is 24.2 Å². The summed E-state index contributed by atoms with van der Waals surface area (Å²) in [5.41, 5.74) is 3.56. The van der Waals surface area contributed by atoms with Crippen LogP contribution >= 0.6 is 0 Å². The molecule has 2 aromatic rings. The van der Waals surface area contributed by atoms with Crippen LogP contribution < -0.4 is 5.32 Å². The molecule has 2 N–H and O–H groups in total. The minimum atomic E-state index is -0.991. The van der Waals surface area contributed by atoms with E-state index in [9.17, 15) is 19.5 Å². The Morgan fingerprint density at radius 2 is 1.71 bits per heavy atom. The highest BCUT2D eigenvalue weighted by atomic mass is 16.5. The van der Waals surface area contributed by atoms with Gasteiger partial charge in [0.1, 0.15) is 12.6 Å². The lowest BCUT2D eigenvalue weighted by atomic mass is 9.81. The van der Waals surface area contributed by atoms with Gasteiger partial charge in [0, 0.05) is 19.0 Å². The third-order valence-corrected chi connectivity index (χ3v) is 7.68. The quantitative estimate of drug-likeness (QED) is 0.576. The zero-order chi connectivity index (χ0) is 25.2. The lowest BCUT2D eigenvalue weighted by molar-refractivity contribution is -0.149. The molecule has 1 fully saturated rings. The molecule has 35 heavy (non-hydrogen) atoms. The first kappa shape index (κ1) is 24.8. The highest BCUT2D eigenvalue weighted by molar-refractivity contribution is 5.87. The Balaban J connectivity index is 1.43.